The predicted octanol–water partition coefficient (Wildman–Crippen LogP) is 2.70. The summed E-state index contributed by atoms with van der Waals surface area (Å²) in [4.78, 5) is 14.4. The van der Waals surface area contributed by atoms with E-state index in [1.807, 2.05) is 11.9 Å². The molecule has 6 heteroatoms. The van der Waals surface area contributed by atoms with Gasteiger partial charge in [-0.25, -0.2) is 8.78 Å². The number of carbonyl (C=O) groups excluding carboxylic acids is 1. The Bertz CT molecular complexity index is 555. The molecule has 0 bridgehead atoms. The first-order valence-electron chi connectivity index (χ1n) is 7.51. The molecule has 1 aromatic carbocycles. The van der Waals surface area contributed by atoms with Crippen molar-refractivity contribution in [3.05, 3.63) is 35.4 Å². The lowest BCUT2D eigenvalue weighted by molar-refractivity contribution is -0.134. The zero-order chi connectivity index (χ0) is 15.0. The van der Waals surface area contributed by atoms with Gasteiger partial charge in [0.1, 0.15) is 0 Å². The van der Waals surface area contributed by atoms with E-state index in [1.54, 1.807) is 6.07 Å². The van der Waals surface area contributed by atoms with Gasteiger partial charge in [-0.05, 0) is 43.9 Å². The number of halogens is 3. The highest BCUT2D eigenvalue weighted by molar-refractivity contribution is 5.85. The molecule has 0 aromatic heterocycles. The Hall–Kier alpha value is -1.20. The number of hydrogen-bond donors (Lipinski definition) is 1. The highest BCUT2D eigenvalue weighted by atomic mass is 35.5. The maximum atomic E-state index is 13.8. The zero-order valence-electron chi connectivity index (χ0n) is 12.5. The summed E-state index contributed by atoms with van der Waals surface area (Å²) < 4.78 is 27.0. The van der Waals surface area contributed by atoms with E-state index in [0.29, 0.717) is 24.6 Å². The molecule has 3 atom stereocenters. The van der Waals surface area contributed by atoms with E-state index in [-0.39, 0.29) is 30.2 Å². The van der Waals surface area contributed by atoms with Crippen molar-refractivity contribution in [3.63, 3.8) is 0 Å². The lowest BCUT2D eigenvalue weighted by Crippen LogP contribution is -2.47. The molecule has 3 unspecified atom stereocenters. The molecule has 122 valence electrons. The standard InChI is InChI=1S/C16H20F2N2O.ClH/c1-19-10-4-3-7-20(9-10)16(21)13-8-12(13)11-5-2-6-14(17)15(11)18;/h2,5-6,10,12-13,19H,3-4,7-9H2,1H3;1H. The number of carbonyl (C=O) groups is 1. The monoisotopic (exact) mass is 330 g/mol. The van der Waals surface area contributed by atoms with Crippen LogP contribution in [0.1, 0.15) is 30.7 Å². The topological polar surface area (TPSA) is 32.3 Å². The second kappa shape index (κ2) is 6.92. The van der Waals surface area contributed by atoms with Gasteiger partial charge >= 0.3 is 0 Å². The number of benzene rings is 1. The molecule has 3 rings (SSSR count). The first-order valence-corrected chi connectivity index (χ1v) is 7.51. The summed E-state index contributed by atoms with van der Waals surface area (Å²) in [5.41, 5.74) is 0.343. The van der Waals surface area contributed by atoms with Crippen molar-refractivity contribution in [2.75, 3.05) is 20.1 Å². The van der Waals surface area contributed by atoms with Gasteiger partial charge in [0.25, 0.3) is 0 Å². The Morgan fingerprint density at radius 1 is 1.36 bits per heavy atom. The largest absolute Gasteiger partial charge is 0.341 e. The van der Waals surface area contributed by atoms with Crippen LogP contribution in [0.2, 0.25) is 0 Å². The number of likely N-dealkylation sites (tertiary alicyclic amines) is 1. The number of rotatable bonds is 3. The molecule has 0 spiro atoms. The number of piperidine rings is 1. The van der Waals surface area contributed by atoms with Crippen molar-refractivity contribution in [1.82, 2.24) is 10.2 Å². The molecule has 0 radical (unpaired) electrons. The lowest BCUT2D eigenvalue weighted by Gasteiger charge is -2.32. The smallest absolute Gasteiger partial charge is 0.226 e. The summed E-state index contributed by atoms with van der Waals surface area (Å²) in [5.74, 6) is -1.90. The summed E-state index contributed by atoms with van der Waals surface area (Å²) in [6, 6.07) is 4.54. The Morgan fingerprint density at radius 2 is 2.14 bits per heavy atom. The summed E-state index contributed by atoms with van der Waals surface area (Å²) in [6.07, 6.45) is 2.69. The van der Waals surface area contributed by atoms with Crippen LogP contribution >= 0.6 is 12.4 Å². The fraction of sp³-hybridized carbons (Fsp3) is 0.562. The quantitative estimate of drug-likeness (QED) is 0.924. The average Bonchev–Trinajstić information content (AvgIpc) is 3.29. The number of nitrogens with zero attached hydrogens (tertiary/aromatic N) is 1. The van der Waals surface area contributed by atoms with Gasteiger partial charge in [0.05, 0.1) is 0 Å². The number of amides is 1. The van der Waals surface area contributed by atoms with Gasteiger partial charge in [-0.3, -0.25) is 4.79 Å². The average molecular weight is 331 g/mol. The molecule has 2 fully saturated rings. The minimum Gasteiger partial charge on any atom is -0.341 e. The molecule has 1 saturated heterocycles. The van der Waals surface area contributed by atoms with Gasteiger partial charge in [-0.2, -0.15) is 0 Å². The van der Waals surface area contributed by atoms with E-state index in [0.717, 1.165) is 25.5 Å². The third-order valence-electron chi connectivity index (χ3n) is 4.63. The zero-order valence-corrected chi connectivity index (χ0v) is 13.3. The minimum absolute atomic E-state index is 0. The summed E-state index contributed by atoms with van der Waals surface area (Å²) >= 11 is 0. The van der Waals surface area contributed by atoms with Crippen molar-refractivity contribution >= 4 is 18.3 Å². The molecule has 1 N–H and O–H groups in total. The Morgan fingerprint density at radius 3 is 2.86 bits per heavy atom. The number of likely N-dealkylation sites (N-methyl/N-ethyl adjacent to an activating group) is 1. The van der Waals surface area contributed by atoms with E-state index in [2.05, 4.69) is 5.32 Å². The van der Waals surface area contributed by atoms with Crippen LogP contribution in [0.4, 0.5) is 8.78 Å². The third-order valence-corrected chi connectivity index (χ3v) is 4.63. The van der Waals surface area contributed by atoms with Crippen LogP contribution in [-0.2, 0) is 4.79 Å². The lowest BCUT2D eigenvalue weighted by atomic mass is 10.0. The predicted molar refractivity (Wildman–Crippen MR) is 83.1 cm³/mol. The van der Waals surface area contributed by atoms with E-state index < -0.39 is 11.6 Å². The molecule has 1 saturated carbocycles. The highest BCUT2D eigenvalue weighted by Crippen LogP contribution is 2.49. The van der Waals surface area contributed by atoms with Crippen molar-refractivity contribution in [3.8, 4) is 0 Å². The van der Waals surface area contributed by atoms with Crippen molar-refractivity contribution < 1.29 is 13.6 Å². The van der Waals surface area contributed by atoms with Gasteiger partial charge < -0.3 is 10.2 Å². The molecule has 2 aliphatic rings. The van der Waals surface area contributed by atoms with Crippen LogP contribution in [0.15, 0.2) is 18.2 Å². The van der Waals surface area contributed by atoms with E-state index in [4.69, 9.17) is 0 Å². The normalized spacial score (nSPS) is 27.2. The van der Waals surface area contributed by atoms with Crippen LogP contribution in [-0.4, -0.2) is 37.0 Å². The van der Waals surface area contributed by atoms with Crippen LogP contribution in [0, 0.1) is 17.6 Å². The Kier molecular flexibility index (Phi) is 5.40. The first kappa shape index (κ1) is 17.2. The molecular weight excluding hydrogens is 310 g/mol. The van der Waals surface area contributed by atoms with Crippen molar-refractivity contribution in [2.24, 2.45) is 5.92 Å². The van der Waals surface area contributed by atoms with Gasteiger partial charge in [0, 0.05) is 25.0 Å². The fourth-order valence-electron chi connectivity index (χ4n) is 3.27. The first-order chi connectivity index (χ1) is 10.1. The number of hydrogen-bond acceptors (Lipinski definition) is 2. The molecule has 1 amide bonds. The molecule has 1 aromatic rings. The Balaban J connectivity index is 0.00000176. The summed E-state index contributed by atoms with van der Waals surface area (Å²) in [6.45, 7) is 1.48. The van der Waals surface area contributed by atoms with Gasteiger partial charge in [-0.1, -0.05) is 12.1 Å². The third kappa shape index (κ3) is 3.25. The van der Waals surface area contributed by atoms with Crippen molar-refractivity contribution in [2.45, 2.75) is 31.2 Å². The SMILES string of the molecule is CNC1CCCN(C(=O)C2CC2c2cccc(F)c2F)C1.Cl. The van der Waals surface area contributed by atoms with Gasteiger partial charge in [-0.15, -0.1) is 12.4 Å². The maximum Gasteiger partial charge on any atom is 0.226 e. The second-order valence-electron chi connectivity index (χ2n) is 6.00. The molecule has 3 nitrogen and oxygen atoms in total. The molecule has 1 aliphatic carbocycles. The van der Waals surface area contributed by atoms with E-state index >= 15 is 0 Å². The summed E-state index contributed by atoms with van der Waals surface area (Å²) in [5, 5.41) is 3.20. The van der Waals surface area contributed by atoms with E-state index in [1.165, 1.54) is 6.07 Å². The van der Waals surface area contributed by atoms with Gasteiger partial charge in [0.15, 0.2) is 11.6 Å². The molecule has 1 heterocycles. The maximum absolute atomic E-state index is 13.8. The highest BCUT2D eigenvalue weighted by Gasteiger charge is 2.47. The molecule has 1 aliphatic heterocycles. The molecular formula is C16H21ClF2N2O. The second-order valence-corrected chi connectivity index (χ2v) is 6.00. The molecule has 22 heavy (non-hydrogen) atoms. The Labute approximate surface area is 135 Å². The summed E-state index contributed by atoms with van der Waals surface area (Å²) in [7, 11) is 1.90. The fourth-order valence-corrected chi connectivity index (χ4v) is 3.27. The van der Waals surface area contributed by atoms with Crippen LogP contribution in [0.5, 0.6) is 0 Å². The van der Waals surface area contributed by atoms with Gasteiger partial charge in [0.2, 0.25) is 5.91 Å². The van der Waals surface area contributed by atoms with E-state index in [9.17, 15) is 13.6 Å². The van der Waals surface area contributed by atoms with Crippen molar-refractivity contribution in [1.29, 1.82) is 0 Å². The van der Waals surface area contributed by atoms with Crippen LogP contribution in [0.25, 0.3) is 0 Å². The number of nitrogens with one attached hydrogen (secondary N) is 1. The van der Waals surface area contributed by atoms with Crippen LogP contribution in [0.3, 0.4) is 0 Å². The van der Waals surface area contributed by atoms with Crippen LogP contribution < -0.4 is 5.32 Å². The minimum atomic E-state index is -0.834.